The second-order valence-corrected chi connectivity index (χ2v) is 4.29. The van der Waals surface area contributed by atoms with Gasteiger partial charge in [0, 0.05) is 6.61 Å². The Morgan fingerprint density at radius 1 is 1.43 bits per heavy atom. The van der Waals surface area contributed by atoms with Gasteiger partial charge in [-0.3, -0.25) is 4.79 Å². The molecule has 14 heavy (non-hydrogen) atoms. The second-order valence-electron chi connectivity index (χ2n) is 4.29. The van der Waals surface area contributed by atoms with Crippen LogP contribution < -0.4 is 11.1 Å². The van der Waals surface area contributed by atoms with Crippen molar-refractivity contribution in [1.29, 1.82) is 0 Å². The lowest BCUT2D eigenvalue weighted by atomic mass is 9.80. The van der Waals surface area contributed by atoms with Crippen molar-refractivity contribution in [2.24, 2.45) is 11.7 Å². The average molecular weight is 198 g/mol. The number of carbonyl (C=O) groups is 1. The number of hydrogen-bond acceptors (Lipinski definition) is 3. The van der Waals surface area contributed by atoms with Gasteiger partial charge in [0.1, 0.15) is 0 Å². The molecule has 4 heteroatoms. The Morgan fingerprint density at radius 2 is 2.21 bits per heavy atom. The fraction of sp³-hybridized carbons (Fsp3) is 0.900. The van der Waals surface area contributed by atoms with Crippen molar-refractivity contribution in [2.45, 2.75) is 37.8 Å². The minimum atomic E-state index is -0.302. The molecule has 2 rings (SSSR count). The molecule has 0 aromatic rings. The summed E-state index contributed by atoms with van der Waals surface area (Å²) in [6.45, 7) is 1.40. The lowest BCUT2D eigenvalue weighted by molar-refractivity contribution is -0.125. The highest BCUT2D eigenvalue weighted by Crippen LogP contribution is 2.28. The first-order chi connectivity index (χ1) is 6.77. The zero-order valence-electron chi connectivity index (χ0n) is 8.37. The maximum Gasteiger partial charge on any atom is 0.237 e. The van der Waals surface area contributed by atoms with Gasteiger partial charge in [-0.05, 0) is 25.2 Å². The Balaban J connectivity index is 1.75. The number of amides is 1. The molecule has 1 amide bonds. The van der Waals surface area contributed by atoms with Gasteiger partial charge < -0.3 is 15.8 Å². The van der Waals surface area contributed by atoms with E-state index in [1.165, 1.54) is 6.42 Å². The maximum atomic E-state index is 11.6. The highest BCUT2D eigenvalue weighted by Gasteiger charge is 2.30. The van der Waals surface area contributed by atoms with Gasteiger partial charge in [0.2, 0.25) is 5.91 Å². The van der Waals surface area contributed by atoms with E-state index in [9.17, 15) is 4.79 Å². The molecular weight excluding hydrogens is 180 g/mol. The minimum Gasteiger partial charge on any atom is -0.379 e. The van der Waals surface area contributed by atoms with Crippen molar-refractivity contribution < 1.29 is 9.53 Å². The molecule has 1 aliphatic heterocycles. The molecule has 1 heterocycles. The summed E-state index contributed by atoms with van der Waals surface area (Å²) in [6, 6.07) is -0.113. The van der Waals surface area contributed by atoms with E-state index in [1.54, 1.807) is 0 Å². The molecule has 0 aromatic carbocycles. The van der Waals surface area contributed by atoms with Crippen LogP contribution in [0.2, 0.25) is 0 Å². The van der Waals surface area contributed by atoms with Crippen LogP contribution in [0.25, 0.3) is 0 Å². The summed E-state index contributed by atoms with van der Waals surface area (Å²) >= 11 is 0. The van der Waals surface area contributed by atoms with Crippen LogP contribution in [0.3, 0.4) is 0 Å². The minimum absolute atomic E-state index is 0.00481. The predicted molar refractivity (Wildman–Crippen MR) is 52.7 cm³/mol. The molecule has 2 unspecified atom stereocenters. The molecule has 0 bridgehead atoms. The number of carbonyl (C=O) groups excluding carboxylic acids is 1. The molecule has 0 radical (unpaired) electrons. The molecule has 4 nitrogen and oxygen atoms in total. The molecule has 2 aliphatic rings. The lowest BCUT2D eigenvalue weighted by Crippen LogP contribution is -2.50. The first-order valence-electron chi connectivity index (χ1n) is 5.41. The van der Waals surface area contributed by atoms with Crippen LogP contribution in [0.15, 0.2) is 0 Å². The first kappa shape index (κ1) is 9.93. The largest absolute Gasteiger partial charge is 0.379 e. The number of rotatable bonds is 3. The average Bonchev–Trinajstić information content (AvgIpc) is 2.53. The summed E-state index contributed by atoms with van der Waals surface area (Å²) in [5.41, 5.74) is 5.85. The van der Waals surface area contributed by atoms with Crippen LogP contribution in [0, 0.1) is 5.92 Å². The molecule has 1 saturated heterocycles. The van der Waals surface area contributed by atoms with Crippen LogP contribution in [0.5, 0.6) is 0 Å². The number of hydrogen-bond donors (Lipinski definition) is 2. The topological polar surface area (TPSA) is 64.4 Å². The molecular formula is C10H18N2O2. The normalized spacial score (nSPS) is 29.6. The van der Waals surface area contributed by atoms with E-state index in [4.69, 9.17) is 10.5 Å². The molecule has 2 fully saturated rings. The van der Waals surface area contributed by atoms with Crippen LogP contribution in [-0.2, 0) is 9.53 Å². The summed E-state index contributed by atoms with van der Waals surface area (Å²) in [4.78, 5) is 11.6. The van der Waals surface area contributed by atoms with E-state index in [-0.39, 0.29) is 18.0 Å². The number of nitrogens with two attached hydrogens (primary N) is 1. The maximum absolute atomic E-state index is 11.6. The zero-order valence-corrected chi connectivity index (χ0v) is 8.37. The smallest absolute Gasteiger partial charge is 0.237 e. The molecule has 0 spiro atoms. The quantitative estimate of drug-likeness (QED) is 0.672. The number of ether oxygens (including phenoxy) is 1. The highest BCUT2D eigenvalue weighted by molar-refractivity contribution is 5.82. The Hall–Kier alpha value is -0.610. The van der Waals surface area contributed by atoms with Gasteiger partial charge in [-0.25, -0.2) is 0 Å². The third kappa shape index (κ3) is 2.07. The summed E-state index contributed by atoms with van der Waals surface area (Å²) in [7, 11) is 0. The Morgan fingerprint density at radius 3 is 2.71 bits per heavy atom. The van der Waals surface area contributed by atoms with E-state index in [1.807, 2.05) is 0 Å². The van der Waals surface area contributed by atoms with E-state index in [0.717, 1.165) is 25.9 Å². The predicted octanol–water partition coefficient (Wildman–Crippen LogP) is 0.0189. The van der Waals surface area contributed by atoms with Gasteiger partial charge >= 0.3 is 0 Å². The molecule has 1 saturated carbocycles. The summed E-state index contributed by atoms with van der Waals surface area (Å²) < 4.78 is 5.18. The second kappa shape index (κ2) is 4.28. The fourth-order valence-electron chi connectivity index (χ4n) is 1.96. The SMILES string of the molecule is NC(C(=O)NC1CCOC1)C1CCC1. The van der Waals surface area contributed by atoms with Gasteiger partial charge in [-0.2, -0.15) is 0 Å². The van der Waals surface area contributed by atoms with E-state index < -0.39 is 0 Å². The Kier molecular flexibility index (Phi) is 3.03. The van der Waals surface area contributed by atoms with Crippen LogP contribution in [-0.4, -0.2) is 31.2 Å². The third-order valence-corrected chi connectivity index (χ3v) is 3.24. The van der Waals surface area contributed by atoms with Crippen molar-refractivity contribution in [3.8, 4) is 0 Å². The van der Waals surface area contributed by atoms with Crippen LogP contribution in [0.4, 0.5) is 0 Å². The van der Waals surface area contributed by atoms with Gasteiger partial charge in [0.25, 0.3) is 0 Å². The molecule has 80 valence electrons. The standard InChI is InChI=1S/C10H18N2O2/c11-9(7-2-1-3-7)10(13)12-8-4-5-14-6-8/h7-9H,1-6,11H2,(H,12,13). The van der Waals surface area contributed by atoms with Gasteiger partial charge in [-0.15, -0.1) is 0 Å². The number of nitrogens with one attached hydrogen (secondary N) is 1. The zero-order chi connectivity index (χ0) is 9.97. The lowest BCUT2D eigenvalue weighted by Gasteiger charge is -2.30. The van der Waals surface area contributed by atoms with E-state index in [0.29, 0.717) is 12.5 Å². The summed E-state index contributed by atoms with van der Waals surface area (Å²) in [6.07, 6.45) is 4.35. The van der Waals surface area contributed by atoms with Gasteiger partial charge in [0.05, 0.1) is 18.7 Å². The van der Waals surface area contributed by atoms with Gasteiger partial charge in [-0.1, -0.05) is 6.42 Å². The first-order valence-corrected chi connectivity index (χ1v) is 5.41. The van der Waals surface area contributed by atoms with E-state index >= 15 is 0 Å². The monoisotopic (exact) mass is 198 g/mol. The molecule has 2 atom stereocenters. The van der Waals surface area contributed by atoms with Gasteiger partial charge in [0.15, 0.2) is 0 Å². The van der Waals surface area contributed by atoms with Crippen molar-refractivity contribution >= 4 is 5.91 Å². The van der Waals surface area contributed by atoms with Crippen molar-refractivity contribution in [2.75, 3.05) is 13.2 Å². The molecule has 0 aromatic heterocycles. The van der Waals surface area contributed by atoms with E-state index in [2.05, 4.69) is 5.32 Å². The van der Waals surface area contributed by atoms with Crippen LogP contribution >= 0.6 is 0 Å². The molecule has 1 aliphatic carbocycles. The van der Waals surface area contributed by atoms with Crippen molar-refractivity contribution in [3.63, 3.8) is 0 Å². The highest BCUT2D eigenvalue weighted by atomic mass is 16.5. The Labute approximate surface area is 84.2 Å². The van der Waals surface area contributed by atoms with Crippen molar-refractivity contribution in [1.82, 2.24) is 5.32 Å². The summed E-state index contributed by atoms with van der Waals surface area (Å²) in [5.74, 6) is 0.419. The summed E-state index contributed by atoms with van der Waals surface area (Å²) in [5, 5.41) is 2.94. The van der Waals surface area contributed by atoms with Crippen LogP contribution in [0.1, 0.15) is 25.7 Å². The molecule has 3 N–H and O–H groups in total. The van der Waals surface area contributed by atoms with Crippen molar-refractivity contribution in [3.05, 3.63) is 0 Å². The third-order valence-electron chi connectivity index (χ3n) is 3.24. The fourth-order valence-corrected chi connectivity index (χ4v) is 1.96. The Bertz CT molecular complexity index is 210.